The molecular formula is C20H23ClN4O5S. The van der Waals surface area contributed by atoms with Gasteiger partial charge in [-0.05, 0) is 43.2 Å². The van der Waals surface area contributed by atoms with E-state index in [0.717, 1.165) is 13.1 Å². The lowest BCUT2D eigenvalue weighted by Crippen LogP contribution is -2.44. The first-order valence-corrected chi connectivity index (χ1v) is 11.8. The molecule has 1 amide bonds. The summed E-state index contributed by atoms with van der Waals surface area (Å²) >= 11 is 5.85. The largest absolute Gasteiger partial charge is 0.440 e. The summed E-state index contributed by atoms with van der Waals surface area (Å²) in [6.45, 7) is 3.07. The molecular weight excluding hydrogens is 444 g/mol. The van der Waals surface area contributed by atoms with Gasteiger partial charge >= 0.3 is 0 Å². The molecule has 1 N–H and O–H groups in total. The molecule has 11 heteroatoms. The molecule has 2 saturated heterocycles. The van der Waals surface area contributed by atoms with E-state index in [0.29, 0.717) is 42.7 Å². The van der Waals surface area contributed by atoms with E-state index in [1.807, 2.05) is 6.07 Å². The number of ether oxygens (including phenoxy) is 1. The maximum absolute atomic E-state index is 12.9. The van der Waals surface area contributed by atoms with Crippen LogP contribution in [0.15, 0.2) is 50.8 Å². The van der Waals surface area contributed by atoms with E-state index in [9.17, 15) is 13.2 Å². The molecule has 2 aromatic rings. The highest BCUT2D eigenvalue weighted by atomic mass is 35.5. The third kappa shape index (κ3) is 4.93. The van der Waals surface area contributed by atoms with Gasteiger partial charge in [-0.1, -0.05) is 11.6 Å². The standard InChI is InChI=1S/C20H23ClN4O5S/c21-15-3-6-17(7-4-15)31(27,28)25-9-1-2-18(25)20(26)23-22-14-16-5-8-19(30-16)24-10-12-29-13-11-24/h3-8,14,18H,1-2,9-13H2,(H,23,26)/b22-14-/t18-/m1/s1. The second kappa shape index (κ2) is 9.39. The number of amides is 1. The lowest BCUT2D eigenvalue weighted by Gasteiger charge is -2.26. The number of benzene rings is 1. The summed E-state index contributed by atoms with van der Waals surface area (Å²) in [4.78, 5) is 14.8. The second-order valence-corrected chi connectivity index (χ2v) is 9.56. The minimum Gasteiger partial charge on any atom is -0.440 e. The number of furan rings is 1. The zero-order valence-corrected chi connectivity index (χ0v) is 18.3. The Bertz CT molecular complexity index is 1050. The third-order valence-electron chi connectivity index (χ3n) is 5.23. The van der Waals surface area contributed by atoms with Crippen LogP contribution in [0.4, 0.5) is 5.88 Å². The molecule has 0 radical (unpaired) electrons. The van der Waals surface area contributed by atoms with Gasteiger partial charge < -0.3 is 14.1 Å². The van der Waals surface area contributed by atoms with Crippen LogP contribution < -0.4 is 10.3 Å². The van der Waals surface area contributed by atoms with E-state index in [1.54, 1.807) is 6.07 Å². The lowest BCUT2D eigenvalue weighted by molar-refractivity contribution is -0.124. The van der Waals surface area contributed by atoms with Crippen LogP contribution in [0.1, 0.15) is 18.6 Å². The van der Waals surface area contributed by atoms with Gasteiger partial charge in [0, 0.05) is 30.7 Å². The van der Waals surface area contributed by atoms with Crippen molar-refractivity contribution in [2.24, 2.45) is 5.10 Å². The monoisotopic (exact) mass is 466 g/mol. The molecule has 0 bridgehead atoms. The molecule has 4 rings (SSSR count). The number of carbonyl (C=O) groups excluding carboxylic acids is 1. The fourth-order valence-electron chi connectivity index (χ4n) is 3.63. The molecule has 166 valence electrons. The molecule has 2 aliphatic rings. The summed E-state index contributed by atoms with van der Waals surface area (Å²) in [6, 6.07) is 8.67. The van der Waals surface area contributed by atoms with Crippen molar-refractivity contribution in [3.8, 4) is 0 Å². The number of anilines is 1. The van der Waals surface area contributed by atoms with Gasteiger partial charge in [-0.15, -0.1) is 0 Å². The van der Waals surface area contributed by atoms with Gasteiger partial charge in [-0.3, -0.25) is 4.79 Å². The van der Waals surface area contributed by atoms with E-state index in [2.05, 4.69) is 15.4 Å². The molecule has 0 spiro atoms. The van der Waals surface area contributed by atoms with Gasteiger partial charge in [0.15, 0.2) is 5.88 Å². The fraction of sp³-hybridized carbons (Fsp3) is 0.400. The number of hydrazone groups is 1. The van der Waals surface area contributed by atoms with Crippen molar-refractivity contribution in [1.82, 2.24) is 9.73 Å². The topological polar surface area (TPSA) is 104 Å². The summed E-state index contributed by atoms with van der Waals surface area (Å²) in [5, 5.41) is 4.39. The van der Waals surface area contributed by atoms with Crippen LogP contribution in [0.3, 0.4) is 0 Å². The van der Waals surface area contributed by atoms with Gasteiger partial charge in [0.2, 0.25) is 10.0 Å². The van der Waals surface area contributed by atoms with E-state index in [4.69, 9.17) is 20.8 Å². The van der Waals surface area contributed by atoms with Gasteiger partial charge in [-0.2, -0.15) is 9.41 Å². The first kappa shape index (κ1) is 21.8. The SMILES string of the molecule is O=C(N/N=C\c1ccc(N2CCOCC2)o1)[C@H]1CCCN1S(=O)(=O)c1ccc(Cl)cc1. The number of nitrogens with zero attached hydrogens (tertiary/aromatic N) is 3. The van der Waals surface area contributed by atoms with Crippen LogP contribution in [-0.2, 0) is 19.6 Å². The summed E-state index contributed by atoms with van der Waals surface area (Å²) in [5.74, 6) is 0.720. The third-order valence-corrected chi connectivity index (χ3v) is 7.40. The Morgan fingerprint density at radius 1 is 1.13 bits per heavy atom. The number of hydrogen-bond acceptors (Lipinski definition) is 7. The van der Waals surface area contributed by atoms with Crippen molar-refractivity contribution in [2.45, 2.75) is 23.8 Å². The van der Waals surface area contributed by atoms with Crippen LogP contribution in [0.5, 0.6) is 0 Å². The van der Waals surface area contributed by atoms with Crippen LogP contribution in [0.25, 0.3) is 0 Å². The fourth-order valence-corrected chi connectivity index (χ4v) is 5.41. The molecule has 31 heavy (non-hydrogen) atoms. The number of sulfonamides is 1. The number of hydrogen-bond donors (Lipinski definition) is 1. The van der Waals surface area contributed by atoms with E-state index < -0.39 is 22.0 Å². The predicted octanol–water partition coefficient (Wildman–Crippen LogP) is 2.07. The van der Waals surface area contributed by atoms with Crippen molar-refractivity contribution in [1.29, 1.82) is 0 Å². The summed E-state index contributed by atoms with van der Waals surface area (Å²) < 4.78 is 38.2. The van der Waals surface area contributed by atoms with E-state index >= 15 is 0 Å². The normalized spacial score (nSPS) is 20.4. The van der Waals surface area contributed by atoms with Gasteiger partial charge in [0.25, 0.3) is 5.91 Å². The number of rotatable bonds is 6. The Morgan fingerprint density at radius 2 is 1.87 bits per heavy atom. The van der Waals surface area contributed by atoms with Crippen LogP contribution >= 0.6 is 11.6 Å². The molecule has 2 aliphatic heterocycles. The Morgan fingerprint density at radius 3 is 2.61 bits per heavy atom. The smallest absolute Gasteiger partial charge is 0.258 e. The maximum Gasteiger partial charge on any atom is 0.258 e. The lowest BCUT2D eigenvalue weighted by atomic mass is 10.2. The van der Waals surface area contributed by atoms with Crippen molar-refractivity contribution in [2.75, 3.05) is 37.7 Å². The molecule has 1 aromatic carbocycles. The van der Waals surface area contributed by atoms with Crippen molar-refractivity contribution >= 4 is 39.6 Å². The minimum atomic E-state index is -3.81. The molecule has 2 fully saturated rings. The van der Waals surface area contributed by atoms with Gasteiger partial charge in [0.1, 0.15) is 11.8 Å². The highest BCUT2D eigenvalue weighted by Crippen LogP contribution is 2.27. The highest BCUT2D eigenvalue weighted by Gasteiger charge is 2.39. The first-order chi connectivity index (χ1) is 14.9. The molecule has 9 nitrogen and oxygen atoms in total. The Labute approximate surface area is 185 Å². The average molecular weight is 467 g/mol. The maximum atomic E-state index is 12.9. The van der Waals surface area contributed by atoms with Crippen molar-refractivity contribution < 1.29 is 22.4 Å². The van der Waals surface area contributed by atoms with Crippen molar-refractivity contribution in [3.05, 3.63) is 47.2 Å². The summed E-state index contributed by atoms with van der Waals surface area (Å²) in [6.07, 6.45) is 2.42. The number of morpholine rings is 1. The molecule has 3 heterocycles. The molecule has 1 aromatic heterocycles. The molecule has 0 saturated carbocycles. The van der Waals surface area contributed by atoms with Crippen molar-refractivity contribution in [3.63, 3.8) is 0 Å². The second-order valence-electron chi connectivity index (χ2n) is 7.24. The minimum absolute atomic E-state index is 0.103. The Balaban J connectivity index is 1.39. The van der Waals surface area contributed by atoms with Crippen LogP contribution in [0, 0.1) is 0 Å². The number of nitrogens with one attached hydrogen (secondary N) is 1. The number of carbonyl (C=O) groups is 1. The molecule has 0 aliphatic carbocycles. The van der Waals surface area contributed by atoms with Crippen LogP contribution in [0.2, 0.25) is 5.02 Å². The predicted molar refractivity (Wildman–Crippen MR) is 116 cm³/mol. The Kier molecular flexibility index (Phi) is 6.61. The quantitative estimate of drug-likeness (QED) is 0.516. The number of halogens is 1. The summed E-state index contributed by atoms with van der Waals surface area (Å²) in [5.41, 5.74) is 2.43. The average Bonchev–Trinajstić information content (AvgIpc) is 3.45. The molecule has 1 atom stereocenters. The van der Waals surface area contributed by atoms with Crippen LogP contribution in [-0.4, -0.2) is 63.7 Å². The molecule has 0 unspecified atom stereocenters. The van der Waals surface area contributed by atoms with Gasteiger partial charge in [-0.25, -0.2) is 13.8 Å². The zero-order chi connectivity index (χ0) is 21.8. The first-order valence-electron chi connectivity index (χ1n) is 9.98. The zero-order valence-electron chi connectivity index (χ0n) is 16.7. The van der Waals surface area contributed by atoms with E-state index in [1.165, 1.54) is 34.8 Å². The Hall–Kier alpha value is -2.40. The highest BCUT2D eigenvalue weighted by molar-refractivity contribution is 7.89. The van der Waals surface area contributed by atoms with E-state index in [-0.39, 0.29) is 11.4 Å². The summed E-state index contributed by atoms with van der Waals surface area (Å²) in [7, 11) is -3.81. The van der Waals surface area contributed by atoms with Gasteiger partial charge in [0.05, 0.1) is 24.3 Å².